The lowest BCUT2D eigenvalue weighted by molar-refractivity contribution is 0.654. The summed E-state index contributed by atoms with van der Waals surface area (Å²) in [4.78, 5) is 0. The lowest BCUT2D eigenvalue weighted by atomic mass is 10.4. The highest BCUT2D eigenvalue weighted by molar-refractivity contribution is 5.85. The third-order valence-corrected chi connectivity index (χ3v) is 1.29. The summed E-state index contributed by atoms with van der Waals surface area (Å²) in [6, 6.07) is 4.05. The first kappa shape index (κ1) is 9.53. The van der Waals surface area contributed by atoms with Crippen molar-refractivity contribution in [3.05, 3.63) is 24.5 Å². The first-order valence-electron chi connectivity index (χ1n) is 3.24. The monoisotopic (exact) mass is 160 g/mol. The zero-order valence-corrected chi connectivity index (χ0v) is 6.68. The summed E-state index contributed by atoms with van der Waals surface area (Å²) in [6.07, 6.45) is 5.17. The number of rotatable bonds is 3. The van der Waals surface area contributed by atoms with Crippen molar-refractivity contribution < 1.29 is 0 Å². The van der Waals surface area contributed by atoms with Gasteiger partial charge in [-0.1, -0.05) is 0 Å². The Bertz CT molecular complexity index is 149. The molecule has 0 spiro atoms. The summed E-state index contributed by atoms with van der Waals surface area (Å²) in [5.41, 5.74) is 5.33. The summed E-state index contributed by atoms with van der Waals surface area (Å²) < 4.78 is 2.13. The minimum absolute atomic E-state index is 0. The van der Waals surface area contributed by atoms with Gasteiger partial charge in [0, 0.05) is 18.9 Å². The highest BCUT2D eigenvalue weighted by Crippen LogP contribution is 1.90. The van der Waals surface area contributed by atoms with E-state index in [1.165, 1.54) is 0 Å². The Morgan fingerprint density at radius 2 is 1.80 bits per heavy atom. The Kier molecular flexibility index (Phi) is 5.08. The minimum atomic E-state index is 0. The zero-order chi connectivity index (χ0) is 6.53. The van der Waals surface area contributed by atoms with Gasteiger partial charge in [0.1, 0.15) is 0 Å². The van der Waals surface area contributed by atoms with E-state index in [1.807, 2.05) is 12.1 Å². The Hall–Kier alpha value is -0.470. The van der Waals surface area contributed by atoms with Crippen LogP contribution in [0.4, 0.5) is 0 Å². The van der Waals surface area contributed by atoms with Gasteiger partial charge in [-0.2, -0.15) is 0 Å². The lowest BCUT2D eigenvalue weighted by Crippen LogP contribution is -2.03. The van der Waals surface area contributed by atoms with Gasteiger partial charge in [-0.25, -0.2) is 0 Å². The first-order valence-corrected chi connectivity index (χ1v) is 3.24. The van der Waals surface area contributed by atoms with Crippen molar-refractivity contribution in [2.24, 2.45) is 5.73 Å². The number of nitrogens with two attached hydrogens (primary N) is 1. The minimum Gasteiger partial charge on any atom is -0.354 e. The van der Waals surface area contributed by atoms with Crippen LogP contribution in [0.25, 0.3) is 0 Å². The fraction of sp³-hybridized carbons (Fsp3) is 0.429. The SMILES string of the molecule is Cl.NCCCn1cccc1. The first-order chi connectivity index (χ1) is 4.43. The predicted octanol–water partition coefficient (Wildman–Crippen LogP) is 1.26. The van der Waals surface area contributed by atoms with E-state index in [1.54, 1.807) is 0 Å². The van der Waals surface area contributed by atoms with E-state index < -0.39 is 0 Å². The molecule has 1 heterocycles. The maximum absolute atomic E-state index is 5.33. The standard InChI is InChI=1S/C7H12N2.ClH/c8-4-3-7-9-5-1-2-6-9;/h1-2,5-6H,3-4,7-8H2;1H. The van der Waals surface area contributed by atoms with Crippen LogP contribution in [0.1, 0.15) is 6.42 Å². The van der Waals surface area contributed by atoms with Gasteiger partial charge in [0.2, 0.25) is 0 Å². The molecule has 2 nitrogen and oxygen atoms in total. The lowest BCUT2D eigenvalue weighted by Gasteiger charge is -1.97. The van der Waals surface area contributed by atoms with Crippen LogP contribution in [0.5, 0.6) is 0 Å². The maximum atomic E-state index is 5.33. The summed E-state index contributed by atoms with van der Waals surface area (Å²) in [5.74, 6) is 0. The largest absolute Gasteiger partial charge is 0.354 e. The molecule has 58 valence electrons. The summed E-state index contributed by atoms with van der Waals surface area (Å²) in [5, 5.41) is 0. The van der Waals surface area contributed by atoms with Crippen molar-refractivity contribution in [1.29, 1.82) is 0 Å². The molecule has 0 saturated heterocycles. The van der Waals surface area contributed by atoms with Crippen molar-refractivity contribution in [2.75, 3.05) is 6.54 Å². The fourth-order valence-electron chi connectivity index (χ4n) is 0.793. The van der Waals surface area contributed by atoms with Crippen molar-refractivity contribution in [1.82, 2.24) is 4.57 Å². The molecule has 1 aromatic rings. The number of aromatic nitrogens is 1. The van der Waals surface area contributed by atoms with Crippen molar-refractivity contribution in [3.8, 4) is 0 Å². The molecule has 0 aliphatic carbocycles. The summed E-state index contributed by atoms with van der Waals surface area (Å²) >= 11 is 0. The molecule has 0 aliphatic rings. The molecular formula is C7H13ClN2. The summed E-state index contributed by atoms with van der Waals surface area (Å²) in [6.45, 7) is 1.82. The van der Waals surface area contributed by atoms with Crippen LogP contribution in [0.3, 0.4) is 0 Å². The second kappa shape index (κ2) is 5.33. The van der Waals surface area contributed by atoms with E-state index >= 15 is 0 Å². The van der Waals surface area contributed by atoms with Gasteiger partial charge in [-0.05, 0) is 25.1 Å². The van der Waals surface area contributed by atoms with Gasteiger partial charge in [-0.3, -0.25) is 0 Å². The van der Waals surface area contributed by atoms with Crippen molar-refractivity contribution in [3.63, 3.8) is 0 Å². The molecule has 0 atom stereocenters. The number of hydrogen-bond donors (Lipinski definition) is 1. The topological polar surface area (TPSA) is 30.9 Å². The van der Waals surface area contributed by atoms with Gasteiger partial charge >= 0.3 is 0 Å². The number of nitrogens with zero attached hydrogens (tertiary/aromatic N) is 1. The molecule has 0 bridgehead atoms. The molecule has 3 heteroatoms. The molecule has 0 saturated carbocycles. The number of halogens is 1. The number of hydrogen-bond acceptors (Lipinski definition) is 1. The highest BCUT2D eigenvalue weighted by atomic mass is 35.5. The molecule has 0 aliphatic heterocycles. The Labute approximate surface area is 67.4 Å². The molecule has 2 N–H and O–H groups in total. The van der Waals surface area contributed by atoms with Crippen molar-refractivity contribution in [2.45, 2.75) is 13.0 Å². The van der Waals surface area contributed by atoms with Crippen LogP contribution < -0.4 is 5.73 Å². The van der Waals surface area contributed by atoms with Gasteiger partial charge < -0.3 is 10.3 Å². The van der Waals surface area contributed by atoms with Crippen molar-refractivity contribution >= 4 is 12.4 Å². The molecular weight excluding hydrogens is 148 g/mol. The van der Waals surface area contributed by atoms with E-state index in [2.05, 4.69) is 17.0 Å². The van der Waals surface area contributed by atoms with E-state index in [0.717, 1.165) is 19.5 Å². The fourth-order valence-corrected chi connectivity index (χ4v) is 0.793. The van der Waals surface area contributed by atoms with Crippen LogP contribution in [0.15, 0.2) is 24.5 Å². The second-order valence-electron chi connectivity index (χ2n) is 2.06. The smallest absolute Gasteiger partial charge is 0.0231 e. The van der Waals surface area contributed by atoms with Crippen LogP contribution in [0.2, 0.25) is 0 Å². The third-order valence-electron chi connectivity index (χ3n) is 1.29. The molecule has 0 amide bonds. The van der Waals surface area contributed by atoms with E-state index in [4.69, 9.17) is 5.73 Å². The average molecular weight is 161 g/mol. The molecule has 10 heavy (non-hydrogen) atoms. The van der Waals surface area contributed by atoms with E-state index in [9.17, 15) is 0 Å². The predicted molar refractivity (Wildman–Crippen MR) is 45.4 cm³/mol. The summed E-state index contributed by atoms with van der Waals surface area (Å²) in [7, 11) is 0. The molecule has 0 unspecified atom stereocenters. The highest BCUT2D eigenvalue weighted by Gasteiger charge is 1.84. The maximum Gasteiger partial charge on any atom is 0.0231 e. The quantitative estimate of drug-likeness (QED) is 0.709. The van der Waals surface area contributed by atoms with Gasteiger partial charge in [0.05, 0.1) is 0 Å². The van der Waals surface area contributed by atoms with Crippen LogP contribution in [-0.4, -0.2) is 11.1 Å². The van der Waals surface area contributed by atoms with E-state index in [0.29, 0.717) is 0 Å². The average Bonchev–Trinajstić information content (AvgIpc) is 2.34. The number of aryl methyl sites for hydroxylation is 1. The molecule has 0 radical (unpaired) electrons. The molecule has 0 fully saturated rings. The van der Waals surface area contributed by atoms with Gasteiger partial charge in [0.15, 0.2) is 0 Å². The third kappa shape index (κ3) is 2.90. The van der Waals surface area contributed by atoms with E-state index in [-0.39, 0.29) is 12.4 Å². The Balaban J connectivity index is 0.000000810. The Morgan fingerprint density at radius 1 is 1.20 bits per heavy atom. The van der Waals surface area contributed by atoms with Gasteiger partial charge in [0.25, 0.3) is 0 Å². The molecule has 1 aromatic heterocycles. The zero-order valence-electron chi connectivity index (χ0n) is 5.86. The van der Waals surface area contributed by atoms with Crippen LogP contribution >= 0.6 is 12.4 Å². The second-order valence-corrected chi connectivity index (χ2v) is 2.06. The van der Waals surface area contributed by atoms with Crippen LogP contribution in [-0.2, 0) is 6.54 Å². The van der Waals surface area contributed by atoms with Gasteiger partial charge in [-0.15, -0.1) is 12.4 Å². The van der Waals surface area contributed by atoms with Crippen LogP contribution in [0, 0.1) is 0 Å². The Morgan fingerprint density at radius 3 is 2.30 bits per heavy atom. The molecule has 0 aromatic carbocycles. The molecule has 1 rings (SSSR count). The normalized spacial score (nSPS) is 8.90.